The lowest BCUT2D eigenvalue weighted by molar-refractivity contribution is -0.140. The van der Waals surface area contributed by atoms with Crippen LogP contribution in [0.2, 0.25) is 0 Å². The highest BCUT2D eigenvalue weighted by Crippen LogP contribution is 2.34. The van der Waals surface area contributed by atoms with Gasteiger partial charge in [-0.3, -0.25) is 4.79 Å². The van der Waals surface area contributed by atoms with Gasteiger partial charge in [0.2, 0.25) is 0 Å². The van der Waals surface area contributed by atoms with E-state index < -0.39 is 17.6 Å². The van der Waals surface area contributed by atoms with Gasteiger partial charge >= 0.3 is 6.18 Å². The van der Waals surface area contributed by atoms with E-state index in [0.29, 0.717) is 47.4 Å². The lowest BCUT2D eigenvalue weighted by atomic mass is 9.99. The highest BCUT2D eigenvalue weighted by Gasteiger charge is 2.34. The summed E-state index contributed by atoms with van der Waals surface area (Å²) in [6.45, 7) is 0.874. The number of amides is 1. The SMILES string of the molecule is Nc1ncc(C(=O)N2CCc3ccc(Oc4ccc(C(F)(F)F)c(F)c4)cc3C2)s1. The summed E-state index contributed by atoms with van der Waals surface area (Å²) in [6, 6.07) is 7.60. The Balaban J connectivity index is 1.52. The number of aromatic nitrogens is 1. The number of halogens is 4. The highest BCUT2D eigenvalue weighted by molar-refractivity contribution is 7.17. The van der Waals surface area contributed by atoms with Crippen LogP contribution in [-0.2, 0) is 19.1 Å². The molecule has 0 aliphatic carbocycles. The number of benzene rings is 2. The van der Waals surface area contributed by atoms with Crippen molar-refractivity contribution in [3.8, 4) is 11.5 Å². The maximum atomic E-state index is 13.8. The number of nitrogens with two attached hydrogens (primary N) is 1. The maximum absolute atomic E-state index is 13.8. The molecule has 156 valence electrons. The first-order chi connectivity index (χ1) is 14.2. The highest BCUT2D eigenvalue weighted by atomic mass is 32.1. The van der Waals surface area contributed by atoms with Crippen molar-refractivity contribution in [1.29, 1.82) is 0 Å². The Kier molecular flexibility index (Phi) is 5.10. The minimum atomic E-state index is -4.77. The Morgan fingerprint density at radius 1 is 1.13 bits per heavy atom. The smallest absolute Gasteiger partial charge is 0.419 e. The van der Waals surface area contributed by atoms with Crippen molar-refractivity contribution >= 4 is 22.4 Å². The molecule has 3 aromatic rings. The van der Waals surface area contributed by atoms with Crippen LogP contribution in [0, 0.1) is 5.82 Å². The average Bonchev–Trinajstić information content (AvgIpc) is 3.12. The number of anilines is 1. The number of fused-ring (bicyclic) bond motifs is 1. The fourth-order valence-electron chi connectivity index (χ4n) is 3.24. The van der Waals surface area contributed by atoms with Crippen LogP contribution in [0.4, 0.5) is 22.7 Å². The number of carbonyl (C=O) groups excluding carboxylic acids is 1. The fourth-order valence-corrected chi connectivity index (χ4v) is 3.89. The largest absolute Gasteiger partial charge is 0.457 e. The third kappa shape index (κ3) is 4.09. The standard InChI is InChI=1S/C20H15F4N3O2S/c21-16-8-14(3-4-15(16)20(22,23)24)29-13-2-1-11-5-6-27(10-12(11)7-13)18(28)17-9-26-19(25)30-17/h1-4,7-9H,5-6,10H2,(H2,25,26). The topological polar surface area (TPSA) is 68.5 Å². The normalized spacial score (nSPS) is 13.8. The molecule has 0 spiro atoms. The van der Waals surface area contributed by atoms with Gasteiger partial charge in [0.1, 0.15) is 22.2 Å². The van der Waals surface area contributed by atoms with E-state index in [1.807, 2.05) is 6.07 Å². The summed E-state index contributed by atoms with van der Waals surface area (Å²) in [6.07, 6.45) is -2.69. The predicted octanol–water partition coefficient (Wildman–Crippen LogP) is 4.87. The molecule has 0 radical (unpaired) electrons. The van der Waals surface area contributed by atoms with Gasteiger partial charge in [0.15, 0.2) is 5.13 Å². The molecule has 2 heterocycles. The quantitative estimate of drug-likeness (QED) is 0.594. The molecule has 0 saturated heterocycles. The molecule has 2 aromatic carbocycles. The van der Waals surface area contributed by atoms with Gasteiger partial charge in [-0.15, -0.1) is 0 Å². The maximum Gasteiger partial charge on any atom is 0.419 e. The van der Waals surface area contributed by atoms with Crippen molar-refractivity contribution in [2.24, 2.45) is 0 Å². The Bertz CT molecular complexity index is 1110. The molecule has 0 bridgehead atoms. The molecule has 0 fully saturated rings. The number of alkyl halides is 3. The van der Waals surface area contributed by atoms with E-state index >= 15 is 0 Å². The molecule has 5 nitrogen and oxygen atoms in total. The third-order valence-electron chi connectivity index (χ3n) is 4.69. The van der Waals surface area contributed by atoms with E-state index in [1.54, 1.807) is 17.0 Å². The van der Waals surface area contributed by atoms with Crippen LogP contribution >= 0.6 is 11.3 Å². The minimum Gasteiger partial charge on any atom is -0.457 e. The van der Waals surface area contributed by atoms with E-state index in [4.69, 9.17) is 10.5 Å². The summed E-state index contributed by atoms with van der Waals surface area (Å²) >= 11 is 1.12. The van der Waals surface area contributed by atoms with Crippen LogP contribution in [0.15, 0.2) is 42.6 Å². The summed E-state index contributed by atoms with van der Waals surface area (Å²) in [5.41, 5.74) is 6.12. The van der Waals surface area contributed by atoms with Gasteiger partial charge in [0.05, 0.1) is 11.8 Å². The molecular weight excluding hydrogens is 422 g/mol. The number of hydrogen-bond acceptors (Lipinski definition) is 5. The molecule has 10 heteroatoms. The van der Waals surface area contributed by atoms with E-state index in [9.17, 15) is 22.4 Å². The first kappa shape index (κ1) is 20.1. The molecule has 0 saturated carbocycles. The number of thiazole rings is 1. The summed E-state index contributed by atoms with van der Waals surface area (Å²) in [5, 5.41) is 0.315. The average molecular weight is 437 g/mol. The summed E-state index contributed by atoms with van der Waals surface area (Å²) in [7, 11) is 0. The Morgan fingerprint density at radius 2 is 1.87 bits per heavy atom. The van der Waals surface area contributed by atoms with Crippen molar-refractivity contribution in [1.82, 2.24) is 9.88 Å². The number of ether oxygens (including phenoxy) is 1. The second kappa shape index (κ2) is 7.60. The second-order valence-electron chi connectivity index (χ2n) is 6.71. The zero-order valence-corrected chi connectivity index (χ0v) is 16.2. The van der Waals surface area contributed by atoms with Crippen molar-refractivity contribution < 1.29 is 27.1 Å². The molecule has 1 aliphatic rings. The molecular formula is C20H15F4N3O2S. The van der Waals surface area contributed by atoms with Crippen LogP contribution in [0.5, 0.6) is 11.5 Å². The Hall–Kier alpha value is -3.14. The number of carbonyl (C=O) groups is 1. The lowest BCUT2D eigenvalue weighted by Crippen LogP contribution is -2.35. The first-order valence-corrected chi connectivity index (χ1v) is 9.69. The molecule has 0 unspecified atom stereocenters. The zero-order chi connectivity index (χ0) is 21.5. The van der Waals surface area contributed by atoms with E-state index in [2.05, 4.69) is 4.98 Å². The van der Waals surface area contributed by atoms with Gasteiger partial charge in [0, 0.05) is 19.2 Å². The van der Waals surface area contributed by atoms with Crippen LogP contribution in [0.3, 0.4) is 0 Å². The molecule has 1 aliphatic heterocycles. The fraction of sp³-hybridized carbons (Fsp3) is 0.200. The van der Waals surface area contributed by atoms with Crippen LogP contribution in [-0.4, -0.2) is 22.3 Å². The van der Waals surface area contributed by atoms with Gasteiger partial charge in [-0.2, -0.15) is 13.2 Å². The van der Waals surface area contributed by atoms with Crippen molar-refractivity contribution in [2.75, 3.05) is 12.3 Å². The molecule has 1 aromatic heterocycles. The Labute approximate surface area is 172 Å². The van der Waals surface area contributed by atoms with Crippen molar-refractivity contribution in [2.45, 2.75) is 19.1 Å². The van der Waals surface area contributed by atoms with Crippen LogP contribution in [0.25, 0.3) is 0 Å². The van der Waals surface area contributed by atoms with Crippen molar-refractivity contribution in [3.63, 3.8) is 0 Å². The molecule has 4 rings (SSSR count). The van der Waals surface area contributed by atoms with E-state index in [0.717, 1.165) is 28.5 Å². The number of nitrogens with zero attached hydrogens (tertiary/aromatic N) is 2. The van der Waals surface area contributed by atoms with Crippen molar-refractivity contribution in [3.05, 3.63) is 70.0 Å². The second-order valence-corrected chi connectivity index (χ2v) is 7.77. The van der Waals surface area contributed by atoms with E-state index in [-0.39, 0.29) is 11.7 Å². The third-order valence-corrected chi connectivity index (χ3v) is 5.51. The molecule has 1 amide bonds. The summed E-state index contributed by atoms with van der Waals surface area (Å²) < 4.78 is 57.4. The number of hydrogen-bond donors (Lipinski definition) is 1. The predicted molar refractivity (Wildman–Crippen MR) is 103 cm³/mol. The van der Waals surface area contributed by atoms with Gasteiger partial charge in [-0.1, -0.05) is 17.4 Å². The van der Waals surface area contributed by atoms with Gasteiger partial charge in [-0.05, 0) is 41.8 Å². The van der Waals surface area contributed by atoms with Gasteiger partial charge in [-0.25, -0.2) is 9.37 Å². The van der Waals surface area contributed by atoms with E-state index in [1.165, 1.54) is 6.20 Å². The first-order valence-electron chi connectivity index (χ1n) is 8.87. The lowest BCUT2D eigenvalue weighted by Gasteiger charge is -2.28. The minimum absolute atomic E-state index is 0.0515. The summed E-state index contributed by atoms with van der Waals surface area (Å²) in [5.74, 6) is -1.29. The molecule has 2 N–H and O–H groups in total. The summed E-state index contributed by atoms with van der Waals surface area (Å²) in [4.78, 5) is 18.6. The number of rotatable bonds is 3. The van der Waals surface area contributed by atoms with Crippen LogP contribution in [0.1, 0.15) is 26.4 Å². The number of nitrogen functional groups attached to an aromatic ring is 1. The molecule has 30 heavy (non-hydrogen) atoms. The van der Waals surface area contributed by atoms with Crippen LogP contribution < -0.4 is 10.5 Å². The monoisotopic (exact) mass is 437 g/mol. The zero-order valence-electron chi connectivity index (χ0n) is 15.4. The van der Waals surface area contributed by atoms with Gasteiger partial charge < -0.3 is 15.4 Å². The van der Waals surface area contributed by atoms with Gasteiger partial charge in [0.25, 0.3) is 5.91 Å². The molecule has 0 atom stereocenters. The Morgan fingerprint density at radius 3 is 2.53 bits per heavy atom.